The van der Waals surface area contributed by atoms with E-state index >= 15 is 8.78 Å². The zero-order chi connectivity index (χ0) is 31.8. The topological polar surface area (TPSA) is 239 Å². The molecule has 2 saturated heterocycles. The summed E-state index contributed by atoms with van der Waals surface area (Å²) in [5, 5.41) is 0. The summed E-state index contributed by atoms with van der Waals surface area (Å²) in [7, 11) is 0. The highest BCUT2D eigenvalue weighted by atomic mass is 32.7. The van der Waals surface area contributed by atoms with E-state index in [2.05, 4.69) is 54.4 Å². The average Bonchev–Trinajstić information content (AvgIpc) is 3.72. The fraction of sp³-hybridized carbons (Fsp3) is 0.524. The van der Waals surface area contributed by atoms with Gasteiger partial charge in [-0.1, -0.05) is 24.5 Å². The molecule has 3 fully saturated rings. The third kappa shape index (κ3) is 5.55. The second kappa shape index (κ2) is 11.2. The average molecular weight is 709 g/mol. The SMILES string of the molecule is Nc1nc2c(ncn2[C@@H]2O[C@@H]3COP(=O)(S)OC4[C@@H](COP(=O)(S)O[C@@H]3[C@@H]2F)C[C@@H](n2cnc3c(N)ncnc32)[C@H]4F)c(=O)[nH]1. The van der Waals surface area contributed by atoms with Gasteiger partial charge in [0, 0.05) is 5.92 Å². The number of hydrogen-bond acceptors (Lipinski definition) is 15. The number of H-pyrrole nitrogens is 1. The van der Waals surface area contributed by atoms with Crippen molar-refractivity contribution in [2.24, 2.45) is 5.92 Å². The number of nitrogens with two attached hydrogens (primary N) is 2. The Hall–Kier alpha value is -2.68. The van der Waals surface area contributed by atoms with Crippen molar-refractivity contribution in [3.8, 4) is 0 Å². The monoisotopic (exact) mass is 708 g/mol. The summed E-state index contributed by atoms with van der Waals surface area (Å²) in [6, 6.07) is -0.958. The molecule has 0 spiro atoms. The van der Waals surface area contributed by atoms with Gasteiger partial charge >= 0.3 is 13.6 Å². The fourth-order valence-electron chi connectivity index (χ4n) is 5.77. The Labute approximate surface area is 260 Å². The molecule has 4 aromatic heterocycles. The molecule has 6 heterocycles. The Kier molecular flexibility index (Phi) is 7.73. The standard InChI is InChI=1S/C21H24F2N10O8P2S2/c22-10-8(32-5-28-12-16(24)26-4-27-17(12)32)1-7-2-37-42(35,44)41-15-9(3-38-43(36,45)40-14(7)10)39-20(11(15)23)33-6-29-13-18(33)30-21(25)31-19(13)34/h4-11,14-15,20H,1-3H2,(H,35,44)(H,36,45)(H2,24,26,27)(H3,25,30,31,34)/t7-,8-,9-,10-,11+,14?,15+,20-,42?,43?/m1/s1. The van der Waals surface area contributed by atoms with Crippen LogP contribution in [0, 0.1) is 5.92 Å². The van der Waals surface area contributed by atoms with Gasteiger partial charge in [0.15, 0.2) is 35.0 Å². The van der Waals surface area contributed by atoms with Gasteiger partial charge < -0.3 is 25.3 Å². The van der Waals surface area contributed by atoms with Gasteiger partial charge in [0.2, 0.25) is 5.95 Å². The molecule has 0 amide bonds. The largest absolute Gasteiger partial charge is 0.386 e. The third-order valence-corrected chi connectivity index (χ3v) is 11.0. The van der Waals surface area contributed by atoms with Gasteiger partial charge in [-0.05, 0) is 6.42 Å². The molecular weight excluding hydrogens is 684 g/mol. The van der Waals surface area contributed by atoms with Crippen LogP contribution >= 0.6 is 38.1 Å². The van der Waals surface area contributed by atoms with E-state index in [9.17, 15) is 13.9 Å². The summed E-state index contributed by atoms with van der Waals surface area (Å²) >= 11 is 8.05. The van der Waals surface area contributed by atoms with Gasteiger partial charge in [-0.2, -0.15) is 4.98 Å². The second-order valence-electron chi connectivity index (χ2n) is 10.5. The summed E-state index contributed by atoms with van der Waals surface area (Å²) in [4.78, 5) is 34.6. The van der Waals surface area contributed by atoms with Crippen LogP contribution < -0.4 is 17.0 Å². The Morgan fingerprint density at radius 3 is 2.38 bits per heavy atom. The maximum absolute atomic E-state index is 16.1. The highest BCUT2D eigenvalue weighted by Crippen LogP contribution is 2.61. The van der Waals surface area contributed by atoms with E-state index in [-0.39, 0.29) is 40.5 Å². The maximum atomic E-state index is 16.1. The van der Waals surface area contributed by atoms with Crippen LogP contribution in [0.15, 0.2) is 23.8 Å². The fourth-order valence-corrected chi connectivity index (χ4v) is 8.82. The summed E-state index contributed by atoms with van der Waals surface area (Å²) in [6.07, 6.45) is -6.30. The summed E-state index contributed by atoms with van der Waals surface area (Å²) < 4.78 is 89.2. The number of nitrogens with zero attached hydrogens (tertiary/aromatic N) is 7. The number of imidazole rings is 2. The van der Waals surface area contributed by atoms with Crippen LogP contribution in [-0.2, 0) is 32.0 Å². The number of thiol groups is 2. The van der Waals surface area contributed by atoms with Crippen LogP contribution in [0.2, 0.25) is 0 Å². The van der Waals surface area contributed by atoms with Crippen molar-refractivity contribution in [2.75, 3.05) is 24.7 Å². The highest BCUT2D eigenvalue weighted by molar-refractivity contribution is 8.44. The van der Waals surface area contributed by atoms with Crippen LogP contribution in [0.25, 0.3) is 22.3 Å². The number of aromatic amines is 1. The minimum absolute atomic E-state index is 0.00863. The zero-order valence-electron chi connectivity index (χ0n) is 22.6. The Morgan fingerprint density at radius 1 is 0.911 bits per heavy atom. The number of anilines is 2. The quantitative estimate of drug-likeness (QED) is 0.148. The zero-order valence-corrected chi connectivity index (χ0v) is 26.1. The number of nitrogens with one attached hydrogen (secondary N) is 1. The molecule has 3 unspecified atom stereocenters. The summed E-state index contributed by atoms with van der Waals surface area (Å²) in [6.45, 7) is -9.84. The summed E-state index contributed by atoms with van der Waals surface area (Å²) in [5.74, 6) is -1.05. The normalized spacial score (nSPS) is 37.7. The first-order valence-corrected chi connectivity index (χ1v) is 18.6. The molecule has 1 saturated carbocycles. The van der Waals surface area contributed by atoms with E-state index in [1.165, 1.54) is 17.2 Å². The van der Waals surface area contributed by atoms with E-state index in [0.29, 0.717) is 0 Å². The first-order valence-electron chi connectivity index (χ1n) is 13.2. The molecule has 4 aromatic rings. The van der Waals surface area contributed by atoms with Crippen molar-refractivity contribution < 1.29 is 40.7 Å². The third-order valence-electron chi connectivity index (χ3n) is 7.79. The molecule has 1 aliphatic carbocycles. The predicted molar refractivity (Wildman–Crippen MR) is 158 cm³/mol. The Bertz CT molecular complexity index is 1950. The predicted octanol–water partition coefficient (Wildman–Crippen LogP) is 2.15. The van der Waals surface area contributed by atoms with E-state index in [1.54, 1.807) is 0 Å². The molecule has 2 aliphatic heterocycles. The number of fused-ring (bicyclic) bond motifs is 4. The number of nitrogen functional groups attached to an aromatic ring is 2. The number of hydrogen-bond donors (Lipinski definition) is 5. The lowest BCUT2D eigenvalue weighted by atomic mass is 10.1. The maximum Gasteiger partial charge on any atom is 0.386 e. The van der Waals surface area contributed by atoms with E-state index < -0.39 is 81.2 Å². The molecule has 24 heteroatoms. The lowest BCUT2D eigenvalue weighted by molar-refractivity contribution is -0.0451. The molecule has 45 heavy (non-hydrogen) atoms. The van der Waals surface area contributed by atoms with E-state index in [0.717, 1.165) is 10.9 Å². The molecule has 5 N–H and O–H groups in total. The Balaban J connectivity index is 1.17. The lowest BCUT2D eigenvalue weighted by Gasteiger charge is -2.29. The molecule has 0 radical (unpaired) electrons. The smallest absolute Gasteiger partial charge is 0.382 e. The van der Waals surface area contributed by atoms with Gasteiger partial charge in [0.1, 0.15) is 36.3 Å². The van der Waals surface area contributed by atoms with Crippen molar-refractivity contribution in [2.45, 2.75) is 49.3 Å². The lowest BCUT2D eigenvalue weighted by Crippen LogP contribution is -2.35. The first-order chi connectivity index (χ1) is 21.3. The number of ether oxygens (including phenoxy) is 1. The first kappa shape index (κ1) is 30.9. The van der Waals surface area contributed by atoms with Gasteiger partial charge in [0.25, 0.3) is 5.56 Å². The number of alkyl halides is 2. The molecule has 242 valence electrons. The van der Waals surface area contributed by atoms with E-state index in [4.69, 9.17) is 34.3 Å². The van der Waals surface area contributed by atoms with Crippen molar-refractivity contribution in [3.63, 3.8) is 0 Å². The molecule has 0 bridgehead atoms. The van der Waals surface area contributed by atoms with Crippen molar-refractivity contribution in [3.05, 3.63) is 29.3 Å². The highest BCUT2D eigenvalue weighted by Gasteiger charge is 2.53. The number of aromatic nitrogens is 8. The number of halogens is 2. The summed E-state index contributed by atoms with van der Waals surface area (Å²) in [5.41, 5.74) is 11.1. The molecule has 7 rings (SSSR count). The van der Waals surface area contributed by atoms with Crippen molar-refractivity contribution >= 4 is 72.2 Å². The molecular formula is C21H24F2N10O8P2S2. The van der Waals surface area contributed by atoms with Crippen LogP contribution in [0.3, 0.4) is 0 Å². The van der Waals surface area contributed by atoms with Crippen molar-refractivity contribution in [1.82, 2.24) is 39.0 Å². The van der Waals surface area contributed by atoms with Gasteiger partial charge in [-0.15, -0.1) is 0 Å². The van der Waals surface area contributed by atoms with Gasteiger partial charge in [-0.25, -0.2) is 37.8 Å². The molecule has 0 aromatic carbocycles. The van der Waals surface area contributed by atoms with Crippen LogP contribution in [0.4, 0.5) is 20.5 Å². The molecule has 10 atom stereocenters. The Morgan fingerprint density at radius 2 is 1.60 bits per heavy atom. The molecule has 3 aliphatic rings. The van der Waals surface area contributed by atoms with Crippen LogP contribution in [-0.4, -0.2) is 82.9 Å². The van der Waals surface area contributed by atoms with Crippen molar-refractivity contribution in [1.29, 1.82) is 0 Å². The van der Waals surface area contributed by atoms with Crippen LogP contribution in [0.5, 0.6) is 0 Å². The van der Waals surface area contributed by atoms with Gasteiger partial charge in [0.05, 0.1) is 31.9 Å². The van der Waals surface area contributed by atoms with Crippen LogP contribution in [0.1, 0.15) is 18.7 Å². The minimum atomic E-state index is -4.36. The second-order valence-corrected chi connectivity index (χ2v) is 16.3. The van der Waals surface area contributed by atoms with Gasteiger partial charge in [-0.3, -0.25) is 27.9 Å². The number of rotatable bonds is 2. The minimum Gasteiger partial charge on any atom is -0.382 e. The van der Waals surface area contributed by atoms with E-state index in [1.807, 2.05) is 0 Å². The molecule has 18 nitrogen and oxygen atoms in total.